The Hall–Kier alpha value is -2.70. The Morgan fingerprint density at radius 3 is 2.50 bits per heavy atom. The summed E-state index contributed by atoms with van der Waals surface area (Å²) in [5, 5.41) is 0. The second kappa shape index (κ2) is 9.04. The Labute approximate surface area is 188 Å². The third-order valence-electron chi connectivity index (χ3n) is 7.06. The highest BCUT2D eigenvalue weighted by Gasteiger charge is 2.56. The van der Waals surface area contributed by atoms with Crippen molar-refractivity contribution in [3.63, 3.8) is 0 Å². The van der Waals surface area contributed by atoms with Crippen LogP contribution in [0.3, 0.4) is 0 Å². The molecule has 0 unspecified atom stereocenters. The molecule has 7 heteroatoms. The summed E-state index contributed by atoms with van der Waals surface area (Å²) in [5.74, 6) is -1.92. The zero-order valence-electron chi connectivity index (χ0n) is 19.7. The van der Waals surface area contributed by atoms with Crippen molar-refractivity contribution >= 4 is 23.7 Å². The van der Waals surface area contributed by atoms with Gasteiger partial charge in [0.05, 0.1) is 5.41 Å². The fourth-order valence-corrected chi connectivity index (χ4v) is 5.19. The third-order valence-corrected chi connectivity index (χ3v) is 7.06. The summed E-state index contributed by atoms with van der Waals surface area (Å²) < 4.78 is 17.1. The highest BCUT2D eigenvalue weighted by molar-refractivity contribution is 5.97. The first-order valence-electron chi connectivity index (χ1n) is 11.2. The number of allylic oxidation sites excluding steroid dienone is 2. The van der Waals surface area contributed by atoms with E-state index >= 15 is 0 Å². The van der Waals surface area contributed by atoms with Gasteiger partial charge >= 0.3 is 17.9 Å². The van der Waals surface area contributed by atoms with Gasteiger partial charge in [-0.15, -0.1) is 0 Å². The molecule has 0 aromatic carbocycles. The molecule has 0 N–H and O–H groups in total. The van der Waals surface area contributed by atoms with Crippen LogP contribution < -0.4 is 0 Å². The molecule has 0 spiro atoms. The maximum absolute atomic E-state index is 13.1. The Bertz CT molecular complexity index is 938. The minimum Gasteiger partial charge on any atom is -0.462 e. The van der Waals surface area contributed by atoms with Gasteiger partial charge in [-0.2, -0.15) is 0 Å². The highest BCUT2D eigenvalue weighted by Crippen LogP contribution is 2.51. The van der Waals surface area contributed by atoms with Crippen LogP contribution in [-0.4, -0.2) is 42.0 Å². The number of hydrogen-bond donors (Lipinski definition) is 0. The Morgan fingerprint density at radius 1 is 1.19 bits per heavy atom. The first-order chi connectivity index (χ1) is 15.0. The van der Waals surface area contributed by atoms with Gasteiger partial charge in [-0.3, -0.25) is 14.4 Å². The molecule has 2 aliphatic carbocycles. The first kappa shape index (κ1) is 24.0. The van der Waals surface area contributed by atoms with Crippen LogP contribution in [0.1, 0.15) is 67.2 Å². The Morgan fingerprint density at radius 2 is 1.88 bits per heavy atom. The lowest BCUT2D eigenvalue weighted by molar-refractivity contribution is -0.183. The number of ketones is 1. The maximum Gasteiger partial charge on any atom is 0.334 e. The molecule has 1 aliphatic heterocycles. The molecule has 0 saturated carbocycles. The number of ether oxygens (including phenoxy) is 3. The van der Waals surface area contributed by atoms with Crippen molar-refractivity contribution in [2.45, 2.75) is 85.5 Å². The van der Waals surface area contributed by atoms with Crippen LogP contribution in [0.4, 0.5) is 0 Å². The van der Waals surface area contributed by atoms with Crippen molar-refractivity contribution in [2.24, 2.45) is 11.3 Å². The number of hydrogen-bond acceptors (Lipinski definition) is 7. The molecule has 0 amide bonds. The van der Waals surface area contributed by atoms with E-state index in [0.29, 0.717) is 24.8 Å². The zero-order chi connectivity index (χ0) is 23.8. The van der Waals surface area contributed by atoms with Crippen LogP contribution in [0.2, 0.25) is 0 Å². The van der Waals surface area contributed by atoms with Crippen LogP contribution >= 0.6 is 0 Å². The molecular weight excluding hydrogens is 412 g/mol. The highest BCUT2D eigenvalue weighted by atomic mass is 16.6. The van der Waals surface area contributed by atoms with E-state index in [4.69, 9.17) is 14.2 Å². The topological polar surface area (TPSA) is 96.0 Å². The average molecular weight is 445 g/mol. The van der Waals surface area contributed by atoms with E-state index < -0.39 is 29.7 Å². The molecule has 0 saturated heterocycles. The summed E-state index contributed by atoms with van der Waals surface area (Å²) in [6.45, 7) is 10.4. The van der Waals surface area contributed by atoms with Crippen molar-refractivity contribution in [1.82, 2.24) is 0 Å². The van der Waals surface area contributed by atoms with Crippen molar-refractivity contribution in [3.8, 4) is 0 Å². The number of carbonyl (C=O) groups is 4. The van der Waals surface area contributed by atoms with Gasteiger partial charge in [0.25, 0.3) is 0 Å². The lowest BCUT2D eigenvalue weighted by Gasteiger charge is -2.49. The smallest absolute Gasteiger partial charge is 0.334 e. The van der Waals surface area contributed by atoms with Gasteiger partial charge in [0.1, 0.15) is 12.2 Å². The Balaban J connectivity index is 2.21. The van der Waals surface area contributed by atoms with Gasteiger partial charge in [0, 0.05) is 18.9 Å². The molecule has 1 heterocycles. The Kier molecular flexibility index (Phi) is 6.77. The van der Waals surface area contributed by atoms with Gasteiger partial charge in [-0.1, -0.05) is 25.0 Å². The van der Waals surface area contributed by atoms with Gasteiger partial charge in [-0.25, -0.2) is 4.79 Å². The van der Waals surface area contributed by atoms with Gasteiger partial charge in [-0.05, 0) is 63.7 Å². The lowest BCUT2D eigenvalue weighted by Crippen LogP contribution is -2.57. The largest absolute Gasteiger partial charge is 0.462 e. The van der Waals surface area contributed by atoms with Gasteiger partial charge in [0.15, 0.2) is 11.9 Å². The SMILES string of the molecule is CCC(=O)O[C@@H]1CC/C(C)=C\[C@@H]2OC(=O)C(C)=C2C[C@H]2C(C)=CC(=O)[C@H](OC(C)=O)[C@]12C. The van der Waals surface area contributed by atoms with E-state index in [1.54, 1.807) is 13.8 Å². The molecule has 0 aromatic rings. The first-order valence-corrected chi connectivity index (χ1v) is 11.2. The molecule has 32 heavy (non-hydrogen) atoms. The molecule has 0 fully saturated rings. The summed E-state index contributed by atoms with van der Waals surface area (Å²) in [4.78, 5) is 49.8. The number of rotatable bonds is 3. The van der Waals surface area contributed by atoms with E-state index in [2.05, 4.69) is 0 Å². The maximum atomic E-state index is 13.1. The second-order valence-electron chi connectivity index (χ2n) is 9.26. The number of esters is 3. The van der Waals surface area contributed by atoms with Crippen LogP contribution in [0.5, 0.6) is 0 Å². The second-order valence-corrected chi connectivity index (χ2v) is 9.26. The standard InChI is InChI=1S/C25H32O7/c1-7-22(28)32-21-9-8-13(2)10-20-17(15(4)24(29)31-20)12-18-14(3)11-19(27)23(25(18,21)6)30-16(5)26/h10-11,18,20-21,23H,7-9,12H2,1-6H3/b13-10-/t18-,20-,21+,23-,25-/m0/s1. The lowest BCUT2D eigenvalue weighted by atomic mass is 9.59. The van der Waals surface area contributed by atoms with Crippen LogP contribution in [-0.2, 0) is 33.4 Å². The van der Waals surface area contributed by atoms with E-state index in [9.17, 15) is 19.2 Å². The average Bonchev–Trinajstić information content (AvgIpc) is 2.97. The predicted molar refractivity (Wildman–Crippen MR) is 116 cm³/mol. The fraction of sp³-hybridized carbons (Fsp3) is 0.600. The molecule has 7 nitrogen and oxygen atoms in total. The minimum atomic E-state index is -1.09. The van der Waals surface area contributed by atoms with E-state index in [-0.39, 0.29) is 30.1 Å². The number of carbonyl (C=O) groups excluding carboxylic acids is 4. The molecule has 3 aliphatic rings. The number of fused-ring (bicyclic) bond motifs is 2. The summed E-state index contributed by atoms with van der Waals surface area (Å²) >= 11 is 0. The van der Waals surface area contributed by atoms with E-state index in [0.717, 1.165) is 16.7 Å². The molecule has 174 valence electrons. The monoisotopic (exact) mass is 444 g/mol. The fourth-order valence-electron chi connectivity index (χ4n) is 5.19. The summed E-state index contributed by atoms with van der Waals surface area (Å²) in [5.41, 5.74) is 2.19. The van der Waals surface area contributed by atoms with Gasteiger partial charge < -0.3 is 14.2 Å². The normalized spacial score (nSPS) is 34.4. The minimum absolute atomic E-state index is 0.196. The van der Waals surface area contributed by atoms with Crippen LogP contribution in [0, 0.1) is 11.3 Å². The third kappa shape index (κ3) is 4.30. The van der Waals surface area contributed by atoms with Crippen LogP contribution in [0.25, 0.3) is 0 Å². The molecule has 0 radical (unpaired) electrons. The molecule has 3 rings (SSSR count). The predicted octanol–water partition coefficient (Wildman–Crippen LogP) is 3.76. The summed E-state index contributed by atoms with van der Waals surface area (Å²) in [6.07, 6.45) is 2.90. The zero-order valence-corrected chi connectivity index (χ0v) is 19.7. The molecular formula is C25H32O7. The summed E-state index contributed by atoms with van der Waals surface area (Å²) in [6, 6.07) is 0. The molecule has 0 aromatic heterocycles. The van der Waals surface area contributed by atoms with Crippen molar-refractivity contribution < 1.29 is 33.4 Å². The quantitative estimate of drug-likeness (QED) is 0.371. The van der Waals surface area contributed by atoms with Crippen molar-refractivity contribution in [1.29, 1.82) is 0 Å². The van der Waals surface area contributed by atoms with Crippen molar-refractivity contribution in [3.05, 3.63) is 34.4 Å². The van der Waals surface area contributed by atoms with Crippen LogP contribution in [0.15, 0.2) is 34.4 Å². The van der Waals surface area contributed by atoms with E-state index in [1.807, 2.05) is 26.8 Å². The summed E-state index contributed by atoms with van der Waals surface area (Å²) in [7, 11) is 0. The van der Waals surface area contributed by atoms with Gasteiger partial charge in [0.2, 0.25) is 0 Å². The molecule has 5 atom stereocenters. The molecule has 0 bridgehead atoms. The van der Waals surface area contributed by atoms with E-state index in [1.165, 1.54) is 13.0 Å². The van der Waals surface area contributed by atoms with Crippen molar-refractivity contribution in [2.75, 3.05) is 0 Å².